The Morgan fingerprint density at radius 1 is 1.38 bits per heavy atom. The molecule has 2 N–H and O–H groups in total. The molecule has 0 saturated carbocycles. The van der Waals surface area contributed by atoms with Crippen LogP contribution in [-0.4, -0.2) is 23.6 Å². The second-order valence-corrected chi connectivity index (χ2v) is 3.79. The fourth-order valence-electron chi connectivity index (χ4n) is 1.28. The molecule has 1 aromatic heterocycles. The van der Waals surface area contributed by atoms with Crippen LogP contribution < -0.4 is 10.5 Å². The summed E-state index contributed by atoms with van der Waals surface area (Å²) in [5.74, 6) is 1.09. The number of methoxy groups -OCH3 is 1. The molecule has 84 valence electrons. The summed E-state index contributed by atoms with van der Waals surface area (Å²) in [6, 6.07) is 5.34. The summed E-state index contributed by atoms with van der Waals surface area (Å²) in [6.45, 7) is 0. The number of thioether (sulfide) groups is 1. The number of benzene rings is 1. The van der Waals surface area contributed by atoms with Crippen molar-refractivity contribution in [3.8, 4) is 17.2 Å². The van der Waals surface area contributed by atoms with E-state index in [0.29, 0.717) is 22.6 Å². The van der Waals surface area contributed by atoms with Crippen LogP contribution in [0, 0.1) is 0 Å². The normalized spacial score (nSPS) is 10.4. The zero-order valence-corrected chi connectivity index (χ0v) is 9.75. The van der Waals surface area contributed by atoms with Crippen LogP contribution in [0.5, 0.6) is 5.75 Å². The zero-order chi connectivity index (χ0) is 11.5. The molecule has 0 bridgehead atoms. The van der Waals surface area contributed by atoms with Crippen molar-refractivity contribution in [3.63, 3.8) is 0 Å². The lowest BCUT2D eigenvalue weighted by Crippen LogP contribution is -1.92. The van der Waals surface area contributed by atoms with Gasteiger partial charge in [0.1, 0.15) is 5.75 Å². The van der Waals surface area contributed by atoms with Gasteiger partial charge in [0.05, 0.1) is 12.8 Å². The van der Waals surface area contributed by atoms with Crippen molar-refractivity contribution in [2.75, 3.05) is 19.1 Å². The fraction of sp³-hybridized carbons (Fsp3) is 0.200. The average molecular weight is 237 g/mol. The highest BCUT2D eigenvalue weighted by Gasteiger charge is 2.09. The van der Waals surface area contributed by atoms with Gasteiger partial charge in [0, 0.05) is 5.56 Å². The van der Waals surface area contributed by atoms with E-state index >= 15 is 0 Å². The maximum Gasteiger partial charge on any atom is 0.276 e. The molecular weight excluding hydrogens is 226 g/mol. The molecule has 0 amide bonds. The maximum absolute atomic E-state index is 5.79. The molecular formula is C10H11N3O2S. The summed E-state index contributed by atoms with van der Waals surface area (Å²) in [5.41, 5.74) is 7.12. The van der Waals surface area contributed by atoms with E-state index in [2.05, 4.69) is 10.2 Å². The van der Waals surface area contributed by atoms with Gasteiger partial charge in [-0.1, -0.05) is 11.8 Å². The molecule has 0 aliphatic rings. The second-order valence-electron chi connectivity index (χ2n) is 3.03. The van der Waals surface area contributed by atoms with E-state index in [0.717, 1.165) is 5.56 Å². The Morgan fingerprint density at radius 2 is 2.19 bits per heavy atom. The first kappa shape index (κ1) is 10.8. The number of nitrogen functional groups attached to an aromatic ring is 1. The van der Waals surface area contributed by atoms with E-state index in [1.54, 1.807) is 19.2 Å². The summed E-state index contributed by atoms with van der Waals surface area (Å²) < 4.78 is 10.5. The van der Waals surface area contributed by atoms with Crippen molar-refractivity contribution in [3.05, 3.63) is 18.2 Å². The average Bonchev–Trinajstić information content (AvgIpc) is 2.77. The topological polar surface area (TPSA) is 74.2 Å². The third-order valence-electron chi connectivity index (χ3n) is 2.06. The van der Waals surface area contributed by atoms with Gasteiger partial charge in [0.15, 0.2) is 0 Å². The van der Waals surface area contributed by atoms with Gasteiger partial charge in [-0.25, -0.2) is 0 Å². The number of nitrogens with two attached hydrogens (primary N) is 1. The summed E-state index contributed by atoms with van der Waals surface area (Å²) in [7, 11) is 1.57. The van der Waals surface area contributed by atoms with Crippen molar-refractivity contribution in [2.24, 2.45) is 0 Å². The monoisotopic (exact) mass is 237 g/mol. The Balaban J connectivity index is 2.37. The van der Waals surface area contributed by atoms with E-state index in [1.165, 1.54) is 11.8 Å². The van der Waals surface area contributed by atoms with Crippen molar-refractivity contribution >= 4 is 17.4 Å². The van der Waals surface area contributed by atoms with Crippen LogP contribution in [-0.2, 0) is 0 Å². The van der Waals surface area contributed by atoms with Crippen LogP contribution in [0.2, 0.25) is 0 Å². The molecule has 0 spiro atoms. The van der Waals surface area contributed by atoms with E-state index in [9.17, 15) is 0 Å². The van der Waals surface area contributed by atoms with Gasteiger partial charge in [-0.15, -0.1) is 10.2 Å². The van der Waals surface area contributed by atoms with E-state index in [-0.39, 0.29) is 0 Å². The van der Waals surface area contributed by atoms with Crippen LogP contribution in [0.25, 0.3) is 11.5 Å². The van der Waals surface area contributed by atoms with Crippen LogP contribution in [0.3, 0.4) is 0 Å². The molecule has 5 nitrogen and oxygen atoms in total. The molecule has 0 saturated heterocycles. The van der Waals surface area contributed by atoms with Gasteiger partial charge >= 0.3 is 0 Å². The third-order valence-corrected chi connectivity index (χ3v) is 2.57. The first-order valence-electron chi connectivity index (χ1n) is 4.56. The molecule has 2 rings (SSSR count). The highest BCUT2D eigenvalue weighted by molar-refractivity contribution is 7.98. The van der Waals surface area contributed by atoms with Crippen molar-refractivity contribution in [1.82, 2.24) is 10.2 Å². The van der Waals surface area contributed by atoms with Crippen molar-refractivity contribution in [1.29, 1.82) is 0 Å². The number of hydrogen-bond donors (Lipinski definition) is 1. The number of rotatable bonds is 3. The first-order valence-corrected chi connectivity index (χ1v) is 5.78. The van der Waals surface area contributed by atoms with E-state index in [4.69, 9.17) is 14.9 Å². The Labute approximate surface area is 97.0 Å². The minimum Gasteiger partial charge on any atom is -0.495 e. The van der Waals surface area contributed by atoms with Crippen LogP contribution in [0.15, 0.2) is 27.8 Å². The van der Waals surface area contributed by atoms with Gasteiger partial charge in [-0.05, 0) is 24.5 Å². The highest BCUT2D eigenvalue weighted by atomic mass is 32.2. The zero-order valence-electron chi connectivity index (χ0n) is 8.93. The Hall–Kier alpha value is -1.69. The third kappa shape index (κ3) is 1.96. The second kappa shape index (κ2) is 4.44. The molecule has 0 atom stereocenters. The summed E-state index contributed by atoms with van der Waals surface area (Å²) >= 11 is 1.40. The summed E-state index contributed by atoms with van der Waals surface area (Å²) in [4.78, 5) is 0. The molecule has 2 aromatic rings. The minimum absolute atomic E-state index is 0.457. The summed E-state index contributed by atoms with van der Waals surface area (Å²) in [6.07, 6.45) is 1.87. The standard InChI is InChI=1S/C10H11N3O2S/c1-14-8-4-3-6(5-7(8)11)9-12-13-10(15-9)16-2/h3-5H,11H2,1-2H3. The smallest absolute Gasteiger partial charge is 0.276 e. The lowest BCUT2D eigenvalue weighted by atomic mass is 10.2. The van der Waals surface area contributed by atoms with Gasteiger partial charge in [-0.3, -0.25) is 0 Å². The van der Waals surface area contributed by atoms with Crippen LogP contribution in [0.1, 0.15) is 0 Å². The Kier molecular flexibility index (Phi) is 3.00. The molecule has 1 heterocycles. The number of hydrogen-bond acceptors (Lipinski definition) is 6. The summed E-state index contributed by atoms with van der Waals surface area (Å²) in [5, 5.41) is 8.31. The van der Waals surface area contributed by atoms with Crippen molar-refractivity contribution in [2.45, 2.75) is 5.22 Å². The van der Waals surface area contributed by atoms with Crippen LogP contribution >= 0.6 is 11.8 Å². The highest BCUT2D eigenvalue weighted by Crippen LogP contribution is 2.28. The molecule has 0 aliphatic carbocycles. The maximum atomic E-state index is 5.79. The SMILES string of the molecule is COc1ccc(-c2nnc(SC)o2)cc1N. The molecule has 0 fully saturated rings. The quantitative estimate of drug-likeness (QED) is 0.650. The van der Waals surface area contributed by atoms with Gasteiger partial charge in [0.25, 0.3) is 5.22 Å². The number of nitrogens with zero attached hydrogens (tertiary/aromatic N) is 2. The molecule has 0 unspecified atom stereocenters. The molecule has 1 aromatic carbocycles. The number of ether oxygens (including phenoxy) is 1. The Morgan fingerprint density at radius 3 is 2.75 bits per heavy atom. The molecule has 0 radical (unpaired) electrons. The molecule has 16 heavy (non-hydrogen) atoms. The Bertz CT molecular complexity index is 499. The van der Waals surface area contributed by atoms with E-state index in [1.807, 2.05) is 12.3 Å². The number of aromatic nitrogens is 2. The largest absolute Gasteiger partial charge is 0.495 e. The lowest BCUT2D eigenvalue weighted by molar-refractivity contribution is 0.417. The number of anilines is 1. The first-order chi connectivity index (χ1) is 7.74. The van der Waals surface area contributed by atoms with Crippen molar-refractivity contribution < 1.29 is 9.15 Å². The fourth-order valence-corrected chi connectivity index (χ4v) is 1.56. The predicted molar refractivity (Wildman–Crippen MR) is 62.5 cm³/mol. The van der Waals surface area contributed by atoms with E-state index < -0.39 is 0 Å². The van der Waals surface area contributed by atoms with Crippen LogP contribution in [0.4, 0.5) is 5.69 Å². The van der Waals surface area contributed by atoms with Gasteiger partial charge in [-0.2, -0.15) is 0 Å². The molecule has 6 heteroatoms. The minimum atomic E-state index is 0.457. The molecule has 0 aliphatic heterocycles. The predicted octanol–water partition coefficient (Wildman–Crippen LogP) is 2.05. The lowest BCUT2D eigenvalue weighted by Gasteiger charge is -2.04. The van der Waals surface area contributed by atoms with Gasteiger partial charge < -0.3 is 14.9 Å². The van der Waals surface area contributed by atoms with Gasteiger partial charge in [0.2, 0.25) is 5.89 Å².